The van der Waals surface area contributed by atoms with Crippen LogP contribution in [-0.2, 0) is 30.3 Å². The number of amides is 3. The molecule has 0 bridgehead atoms. The molecule has 8 heteroatoms. The minimum atomic E-state index is -0.562. The van der Waals surface area contributed by atoms with E-state index in [0.29, 0.717) is 24.5 Å². The van der Waals surface area contributed by atoms with Gasteiger partial charge in [0.1, 0.15) is 0 Å². The van der Waals surface area contributed by atoms with Crippen molar-refractivity contribution < 1.29 is 23.9 Å². The van der Waals surface area contributed by atoms with Crippen molar-refractivity contribution in [2.45, 2.75) is 19.8 Å². The van der Waals surface area contributed by atoms with Crippen molar-refractivity contribution in [3.63, 3.8) is 0 Å². The Morgan fingerprint density at radius 1 is 1.00 bits per heavy atom. The van der Waals surface area contributed by atoms with Gasteiger partial charge in [-0.25, -0.2) is 0 Å². The number of carbonyl (C=O) groups is 4. The molecule has 3 amide bonds. The van der Waals surface area contributed by atoms with Crippen molar-refractivity contribution in [1.29, 1.82) is 0 Å². The molecule has 162 valence electrons. The molecular formula is C23H25N3O5. The lowest BCUT2D eigenvalue weighted by molar-refractivity contribution is -0.151. The number of rotatable bonds is 8. The summed E-state index contributed by atoms with van der Waals surface area (Å²) in [5.41, 5.74) is 2.25. The highest BCUT2D eigenvalue weighted by molar-refractivity contribution is 5.94. The smallest absolute Gasteiger partial charge is 0.311 e. The minimum Gasteiger partial charge on any atom is -0.455 e. The molecule has 1 aliphatic rings. The maximum absolute atomic E-state index is 12.3. The Morgan fingerprint density at radius 3 is 2.29 bits per heavy atom. The van der Waals surface area contributed by atoms with Gasteiger partial charge in [0.05, 0.1) is 5.92 Å². The van der Waals surface area contributed by atoms with E-state index in [-0.39, 0.29) is 18.2 Å². The van der Waals surface area contributed by atoms with Crippen LogP contribution in [0.1, 0.15) is 18.9 Å². The van der Waals surface area contributed by atoms with Crippen LogP contribution in [0.15, 0.2) is 54.6 Å². The lowest BCUT2D eigenvalue weighted by Crippen LogP contribution is -2.29. The molecule has 2 N–H and O–H groups in total. The Kier molecular flexibility index (Phi) is 7.37. The number of carbonyl (C=O) groups excluding carboxylic acids is 4. The van der Waals surface area contributed by atoms with E-state index >= 15 is 0 Å². The van der Waals surface area contributed by atoms with Gasteiger partial charge in [0.2, 0.25) is 11.8 Å². The van der Waals surface area contributed by atoms with Crippen molar-refractivity contribution in [3.8, 4) is 0 Å². The second kappa shape index (κ2) is 10.4. The average Bonchev–Trinajstić information content (AvgIpc) is 3.13. The highest BCUT2D eigenvalue weighted by Gasteiger charge is 2.35. The highest BCUT2D eigenvalue weighted by Crippen LogP contribution is 2.20. The predicted octanol–water partition coefficient (Wildman–Crippen LogP) is 2.22. The topological polar surface area (TPSA) is 105 Å². The van der Waals surface area contributed by atoms with E-state index in [9.17, 15) is 19.2 Å². The number of likely N-dealkylation sites (tertiary alicyclic amines) is 1. The van der Waals surface area contributed by atoms with Crippen molar-refractivity contribution in [1.82, 2.24) is 4.90 Å². The van der Waals surface area contributed by atoms with Gasteiger partial charge < -0.3 is 20.3 Å². The van der Waals surface area contributed by atoms with Crippen LogP contribution in [0.3, 0.4) is 0 Å². The molecule has 0 aromatic heterocycles. The second-order valence-corrected chi connectivity index (χ2v) is 7.39. The van der Waals surface area contributed by atoms with E-state index in [4.69, 9.17) is 4.74 Å². The molecule has 1 saturated heterocycles. The number of nitrogens with zero attached hydrogens (tertiary/aromatic N) is 1. The first-order chi connectivity index (χ1) is 14.9. The van der Waals surface area contributed by atoms with Gasteiger partial charge in [0.15, 0.2) is 6.61 Å². The Morgan fingerprint density at radius 2 is 1.65 bits per heavy atom. The van der Waals surface area contributed by atoms with Crippen LogP contribution in [-0.4, -0.2) is 48.3 Å². The van der Waals surface area contributed by atoms with Crippen LogP contribution in [0.2, 0.25) is 0 Å². The Labute approximate surface area is 180 Å². The number of ether oxygens (including phenoxy) is 1. The molecule has 0 spiro atoms. The third-order valence-electron chi connectivity index (χ3n) is 4.90. The third-order valence-corrected chi connectivity index (χ3v) is 4.90. The van der Waals surface area contributed by atoms with E-state index < -0.39 is 24.4 Å². The second-order valence-electron chi connectivity index (χ2n) is 7.39. The molecule has 2 aromatic rings. The molecule has 1 atom stereocenters. The van der Waals surface area contributed by atoms with Gasteiger partial charge in [-0.2, -0.15) is 0 Å². The highest BCUT2D eigenvalue weighted by atomic mass is 16.5. The third kappa shape index (κ3) is 6.67. The summed E-state index contributed by atoms with van der Waals surface area (Å²) in [6.45, 7) is 1.82. The van der Waals surface area contributed by atoms with Gasteiger partial charge in [-0.05, 0) is 36.2 Å². The summed E-state index contributed by atoms with van der Waals surface area (Å²) in [6, 6.07) is 16.4. The molecule has 1 aliphatic heterocycles. The van der Waals surface area contributed by atoms with Crippen LogP contribution in [0, 0.1) is 5.92 Å². The van der Waals surface area contributed by atoms with E-state index in [1.807, 2.05) is 30.3 Å². The Bertz CT molecular complexity index is 943. The summed E-state index contributed by atoms with van der Waals surface area (Å²) in [5.74, 6) is -1.86. The number of anilines is 2. The fourth-order valence-electron chi connectivity index (χ4n) is 3.35. The van der Waals surface area contributed by atoms with Crippen molar-refractivity contribution in [2.24, 2.45) is 5.92 Å². The standard InChI is InChI=1S/C23H25N3O5/c1-16(27)24-19-7-9-20(10-8-19)25-21(28)15-31-23(30)18-13-22(29)26(14-18)12-11-17-5-3-2-4-6-17/h2-10,18H,11-15H2,1H3,(H,24,27)(H,25,28)/t18-/m1/s1. The largest absolute Gasteiger partial charge is 0.455 e. The van der Waals surface area contributed by atoms with Crippen LogP contribution in [0.5, 0.6) is 0 Å². The van der Waals surface area contributed by atoms with Gasteiger partial charge in [-0.15, -0.1) is 0 Å². The first-order valence-corrected chi connectivity index (χ1v) is 10.1. The maximum Gasteiger partial charge on any atom is 0.311 e. The summed E-state index contributed by atoms with van der Waals surface area (Å²) >= 11 is 0. The van der Waals surface area contributed by atoms with E-state index in [2.05, 4.69) is 10.6 Å². The van der Waals surface area contributed by atoms with Gasteiger partial charge in [-0.3, -0.25) is 19.2 Å². The zero-order valence-electron chi connectivity index (χ0n) is 17.3. The van der Waals surface area contributed by atoms with Crippen molar-refractivity contribution >= 4 is 35.1 Å². The number of esters is 1. The molecule has 1 fully saturated rings. The summed E-state index contributed by atoms with van der Waals surface area (Å²) in [7, 11) is 0. The van der Waals surface area contributed by atoms with Crippen LogP contribution < -0.4 is 10.6 Å². The average molecular weight is 423 g/mol. The molecule has 0 radical (unpaired) electrons. The fourth-order valence-corrected chi connectivity index (χ4v) is 3.35. The van der Waals surface area contributed by atoms with E-state index in [1.54, 1.807) is 29.2 Å². The van der Waals surface area contributed by atoms with E-state index in [1.165, 1.54) is 6.92 Å². The lowest BCUT2D eigenvalue weighted by atomic mass is 10.1. The van der Waals surface area contributed by atoms with Crippen LogP contribution in [0.25, 0.3) is 0 Å². The number of hydrogen-bond donors (Lipinski definition) is 2. The van der Waals surface area contributed by atoms with E-state index in [0.717, 1.165) is 12.0 Å². The maximum atomic E-state index is 12.3. The Balaban J connectivity index is 1.41. The molecule has 0 aliphatic carbocycles. The quantitative estimate of drug-likeness (QED) is 0.634. The molecular weight excluding hydrogens is 398 g/mol. The summed E-state index contributed by atoms with van der Waals surface area (Å²) < 4.78 is 5.11. The molecule has 1 heterocycles. The summed E-state index contributed by atoms with van der Waals surface area (Å²) in [4.78, 5) is 49.2. The minimum absolute atomic E-state index is 0.0819. The first-order valence-electron chi connectivity index (χ1n) is 10.1. The van der Waals surface area contributed by atoms with Crippen molar-refractivity contribution in [3.05, 3.63) is 60.2 Å². The molecule has 3 rings (SSSR count). The van der Waals surface area contributed by atoms with Crippen LogP contribution >= 0.6 is 0 Å². The SMILES string of the molecule is CC(=O)Nc1ccc(NC(=O)COC(=O)[C@@H]2CC(=O)N(CCc3ccccc3)C2)cc1. The summed E-state index contributed by atoms with van der Waals surface area (Å²) in [5, 5.41) is 5.25. The predicted molar refractivity (Wildman–Crippen MR) is 115 cm³/mol. The number of hydrogen-bond acceptors (Lipinski definition) is 5. The summed E-state index contributed by atoms with van der Waals surface area (Å²) in [6.07, 6.45) is 0.817. The van der Waals surface area contributed by atoms with Crippen LogP contribution in [0.4, 0.5) is 11.4 Å². The molecule has 0 saturated carbocycles. The van der Waals surface area contributed by atoms with Gasteiger partial charge in [-0.1, -0.05) is 30.3 Å². The first kappa shape index (κ1) is 22.0. The molecule has 31 heavy (non-hydrogen) atoms. The Hall–Kier alpha value is -3.68. The normalized spacial score (nSPS) is 15.5. The number of nitrogens with one attached hydrogen (secondary N) is 2. The zero-order valence-corrected chi connectivity index (χ0v) is 17.3. The molecule has 2 aromatic carbocycles. The molecule has 0 unspecified atom stereocenters. The number of benzene rings is 2. The fraction of sp³-hybridized carbons (Fsp3) is 0.304. The van der Waals surface area contributed by atoms with Gasteiger partial charge in [0, 0.05) is 37.8 Å². The lowest BCUT2D eigenvalue weighted by Gasteiger charge is -2.16. The van der Waals surface area contributed by atoms with Gasteiger partial charge >= 0.3 is 5.97 Å². The zero-order chi connectivity index (χ0) is 22.2. The molecule has 8 nitrogen and oxygen atoms in total. The van der Waals surface area contributed by atoms with Crippen molar-refractivity contribution in [2.75, 3.05) is 30.3 Å². The monoisotopic (exact) mass is 423 g/mol. The van der Waals surface area contributed by atoms with Gasteiger partial charge in [0.25, 0.3) is 5.91 Å².